The van der Waals surface area contributed by atoms with Crippen molar-refractivity contribution in [3.8, 4) is 0 Å². The number of halogens is 1. The van der Waals surface area contributed by atoms with Crippen molar-refractivity contribution in [3.63, 3.8) is 0 Å². The number of nitrogens with one attached hydrogen (secondary N) is 2. The number of methoxy groups -OCH3 is 1. The minimum Gasteiger partial charge on any atom is -0.383 e. The summed E-state index contributed by atoms with van der Waals surface area (Å²) in [5.74, 6) is -0.416. The van der Waals surface area contributed by atoms with Gasteiger partial charge in [0.2, 0.25) is 5.91 Å². The molecule has 17 heavy (non-hydrogen) atoms. The highest BCUT2D eigenvalue weighted by Crippen LogP contribution is 2.02. The zero-order valence-corrected chi connectivity index (χ0v) is 9.83. The smallest absolute Gasteiger partial charge is 0.234 e. The van der Waals surface area contributed by atoms with Crippen LogP contribution in [-0.4, -0.2) is 32.7 Å². The van der Waals surface area contributed by atoms with Crippen LogP contribution in [0.3, 0.4) is 0 Å². The van der Waals surface area contributed by atoms with E-state index in [-0.39, 0.29) is 18.3 Å². The van der Waals surface area contributed by atoms with Crippen LogP contribution in [0, 0.1) is 5.82 Å². The Kier molecular flexibility index (Phi) is 6.21. The second-order valence-electron chi connectivity index (χ2n) is 3.58. The molecule has 0 aliphatic rings. The predicted octanol–water partition coefficient (Wildman–Crippen LogP) is 0.678. The Morgan fingerprint density at radius 1 is 1.47 bits per heavy atom. The summed E-state index contributed by atoms with van der Waals surface area (Å²) in [6, 6.07) is 6.16. The first-order chi connectivity index (χ1) is 8.22. The standard InChI is InChI=1S/C12H17FN2O2/c1-17-6-5-14-9-12(16)15-8-10-3-2-4-11(13)7-10/h2-4,7,14H,5-6,8-9H2,1H3,(H,15,16). The van der Waals surface area contributed by atoms with Gasteiger partial charge in [-0.05, 0) is 17.7 Å². The van der Waals surface area contributed by atoms with E-state index < -0.39 is 0 Å². The van der Waals surface area contributed by atoms with E-state index >= 15 is 0 Å². The van der Waals surface area contributed by atoms with E-state index in [4.69, 9.17) is 4.74 Å². The second-order valence-corrected chi connectivity index (χ2v) is 3.58. The van der Waals surface area contributed by atoms with Crippen LogP contribution in [0.1, 0.15) is 5.56 Å². The highest BCUT2D eigenvalue weighted by atomic mass is 19.1. The number of hydrogen-bond acceptors (Lipinski definition) is 3. The molecule has 0 aliphatic heterocycles. The van der Waals surface area contributed by atoms with Gasteiger partial charge in [0.15, 0.2) is 0 Å². The Labute approximate surface area is 100 Å². The zero-order valence-electron chi connectivity index (χ0n) is 9.83. The largest absolute Gasteiger partial charge is 0.383 e. The molecule has 1 aromatic carbocycles. The quantitative estimate of drug-likeness (QED) is 0.689. The molecule has 0 heterocycles. The molecule has 0 aliphatic carbocycles. The minimum atomic E-state index is -0.296. The van der Waals surface area contributed by atoms with Crippen LogP contribution in [0.2, 0.25) is 0 Å². The van der Waals surface area contributed by atoms with Crippen molar-refractivity contribution < 1.29 is 13.9 Å². The van der Waals surface area contributed by atoms with Gasteiger partial charge >= 0.3 is 0 Å². The van der Waals surface area contributed by atoms with E-state index in [1.54, 1.807) is 19.2 Å². The van der Waals surface area contributed by atoms with Crippen molar-refractivity contribution in [2.75, 3.05) is 26.8 Å². The van der Waals surface area contributed by atoms with Gasteiger partial charge in [-0.1, -0.05) is 12.1 Å². The molecule has 1 rings (SSSR count). The maximum atomic E-state index is 12.8. The van der Waals surface area contributed by atoms with Gasteiger partial charge in [-0.2, -0.15) is 0 Å². The van der Waals surface area contributed by atoms with Gasteiger partial charge in [0, 0.05) is 20.2 Å². The van der Waals surface area contributed by atoms with Crippen LogP contribution in [0.15, 0.2) is 24.3 Å². The van der Waals surface area contributed by atoms with Gasteiger partial charge in [-0.3, -0.25) is 4.79 Å². The Morgan fingerprint density at radius 2 is 2.29 bits per heavy atom. The number of carbonyl (C=O) groups is 1. The van der Waals surface area contributed by atoms with Gasteiger partial charge in [0.05, 0.1) is 13.2 Å². The second kappa shape index (κ2) is 7.76. The van der Waals surface area contributed by atoms with E-state index in [2.05, 4.69) is 10.6 Å². The molecule has 0 spiro atoms. The fourth-order valence-electron chi connectivity index (χ4n) is 1.29. The molecular formula is C12H17FN2O2. The van der Waals surface area contributed by atoms with Crippen molar-refractivity contribution in [1.29, 1.82) is 0 Å². The summed E-state index contributed by atoms with van der Waals surface area (Å²) < 4.78 is 17.7. The maximum absolute atomic E-state index is 12.8. The van der Waals surface area contributed by atoms with Crippen molar-refractivity contribution in [3.05, 3.63) is 35.6 Å². The van der Waals surface area contributed by atoms with Crippen molar-refractivity contribution in [1.82, 2.24) is 10.6 Å². The molecule has 1 aromatic rings. The fourth-order valence-corrected chi connectivity index (χ4v) is 1.29. The van der Waals surface area contributed by atoms with Gasteiger partial charge in [-0.25, -0.2) is 4.39 Å². The summed E-state index contributed by atoms with van der Waals surface area (Å²) in [6.45, 7) is 1.77. The number of carbonyl (C=O) groups excluding carboxylic acids is 1. The summed E-state index contributed by atoms with van der Waals surface area (Å²) in [5.41, 5.74) is 0.746. The number of hydrogen-bond donors (Lipinski definition) is 2. The summed E-state index contributed by atoms with van der Waals surface area (Å²) in [4.78, 5) is 11.4. The maximum Gasteiger partial charge on any atom is 0.234 e. The van der Waals surface area contributed by atoms with Crippen LogP contribution < -0.4 is 10.6 Å². The zero-order chi connectivity index (χ0) is 12.5. The molecule has 0 atom stereocenters. The van der Waals surface area contributed by atoms with E-state index in [9.17, 15) is 9.18 Å². The van der Waals surface area contributed by atoms with Gasteiger partial charge in [-0.15, -0.1) is 0 Å². The average Bonchev–Trinajstić information content (AvgIpc) is 2.32. The first-order valence-electron chi connectivity index (χ1n) is 5.43. The highest BCUT2D eigenvalue weighted by Gasteiger charge is 2.01. The van der Waals surface area contributed by atoms with Gasteiger partial charge in [0.25, 0.3) is 0 Å². The third-order valence-electron chi connectivity index (χ3n) is 2.15. The van der Waals surface area contributed by atoms with Crippen LogP contribution >= 0.6 is 0 Å². The van der Waals surface area contributed by atoms with Gasteiger partial charge < -0.3 is 15.4 Å². The SMILES string of the molecule is COCCNCC(=O)NCc1cccc(F)c1. The molecule has 0 aromatic heterocycles. The van der Waals surface area contributed by atoms with E-state index in [0.29, 0.717) is 19.7 Å². The van der Waals surface area contributed by atoms with Crippen molar-refractivity contribution in [2.24, 2.45) is 0 Å². The lowest BCUT2D eigenvalue weighted by Crippen LogP contribution is -2.34. The number of amides is 1. The topological polar surface area (TPSA) is 50.4 Å². The summed E-state index contributed by atoms with van der Waals surface area (Å²) >= 11 is 0. The van der Waals surface area contributed by atoms with Crippen LogP contribution in [0.5, 0.6) is 0 Å². The fraction of sp³-hybridized carbons (Fsp3) is 0.417. The Morgan fingerprint density at radius 3 is 3.00 bits per heavy atom. The molecular weight excluding hydrogens is 223 g/mol. The first kappa shape index (κ1) is 13.6. The summed E-state index contributed by atoms with van der Waals surface area (Å²) in [5, 5.41) is 5.62. The van der Waals surface area contributed by atoms with E-state index in [1.165, 1.54) is 12.1 Å². The molecule has 5 heteroatoms. The van der Waals surface area contributed by atoms with Crippen molar-refractivity contribution >= 4 is 5.91 Å². The third-order valence-corrected chi connectivity index (χ3v) is 2.15. The first-order valence-corrected chi connectivity index (χ1v) is 5.43. The molecule has 94 valence electrons. The van der Waals surface area contributed by atoms with E-state index in [0.717, 1.165) is 5.56 Å². The molecule has 0 saturated carbocycles. The molecule has 2 N–H and O–H groups in total. The minimum absolute atomic E-state index is 0.120. The lowest BCUT2D eigenvalue weighted by molar-refractivity contribution is -0.120. The summed E-state index contributed by atoms with van der Waals surface area (Å²) in [7, 11) is 1.60. The van der Waals surface area contributed by atoms with E-state index in [1.807, 2.05) is 0 Å². The lowest BCUT2D eigenvalue weighted by Gasteiger charge is -2.06. The van der Waals surface area contributed by atoms with Crippen molar-refractivity contribution in [2.45, 2.75) is 6.54 Å². The number of rotatable bonds is 7. The summed E-state index contributed by atoms with van der Waals surface area (Å²) in [6.07, 6.45) is 0. The Bertz CT molecular complexity index is 358. The number of ether oxygens (including phenoxy) is 1. The predicted molar refractivity (Wildman–Crippen MR) is 63.0 cm³/mol. The Balaban J connectivity index is 2.19. The lowest BCUT2D eigenvalue weighted by atomic mass is 10.2. The average molecular weight is 240 g/mol. The molecule has 0 fully saturated rings. The normalized spacial score (nSPS) is 10.2. The molecule has 0 saturated heterocycles. The highest BCUT2D eigenvalue weighted by molar-refractivity contribution is 5.77. The molecule has 0 bridgehead atoms. The van der Waals surface area contributed by atoms with Crippen LogP contribution in [0.4, 0.5) is 4.39 Å². The number of benzene rings is 1. The molecule has 0 radical (unpaired) electrons. The molecule has 4 nitrogen and oxygen atoms in total. The Hall–Kier alpha value is -1.46. The van der Waals surface area contributed by atoms with Gasteiger partial charge in [0.1, 0.15) is 5.82 Å². The third kappa shape index (κ3) is 5.99. The van der Waals surface area contributed by atoms with Crippen LogP contribution in [0.25, 0.3) is 0 Å². The molecule has 1 amide bonds. The van der Waals surface area contributed by atoms with Crippen LogP contribution in [-0.2, 0) is 16.1 Å². The monoisotopic (exact) mass is 240 g/mol. The molecule has 0 unspecified atom stereocenters.